The van der Waals surface area contributed by atoms with Crippen LogP contribution in [0.2, 0.25) is 0 Å². The van der Waals surface area contributed by atoms with Gasteiger partial charge in [0.25, 0.3) is 0 Å². The van der Waals surface area contributed by atoms with Crippen LogP contribution in [0.15, 0.2) is 23.1 Å². The summed E-state index contributed by atoms with van der Waals surface area (Å²) >= 11 is 0. The number of rotatable bonds is 3. The molecule has 0 unspecified atom stereocenters. The average Bonchev–Trinajstić information content (AvgIpc) is 2.25. The molecule has 0 spiro atoms. The number of amides is 1. The second kappa shape index (κ2) is 8.19. The summed E-state index contributed by atoms with van der Waals surface area (Å²) in [7, 11) is 0. The number of aromatic nitrogens is 1. The van der Waals surface area contributed by atoms with Crippen molar-refractivity contribution in [2.24, 2.45) is 11.1 Å². The van der Waals surface area contributed by atoms with E-state index in [4.69, 9.17) is 5.73 Å². The van der Waals surface area contributed by atoms with Crippen LogP contribution in [0, 0.1) is 5.41 Å². The largest absolute Gasteiger partial charge is 0.351 e. The first-order valence-electron chi connectivity index (χ1n) is 5.51. The van der Waals surface area contributed by atoms with Crippen molar-refractivity contribution in [2.75, 3.05) is 0 Å². The number of nitrogens with one attached hydrogen (secondary N) is 2. The fourth-order valence-corrected chi connectivity index (χ4v) is 1.25. The van der Waals surface area contributed by atoms with Crippen molar-refractivity contribution in [2.45, 2.75) is 33.4 Å². The average molecular weight is 310 g/mol. The smallest absolute Gasteiger partial charge is 0.247 e. The van der Waals surface area contributed by atoms with Crippen molar-refractivity contribution >= 4 is 30.7 Å². The zero-order chi connectivity index (χ0) is 13.1. The number of carbonyl (C=O) groups excluding carboxylic acids is 1. The Balaban J connectivity index is 0. The van der Waals surface area contributed by atoms with E-state index in [1.54, 1.807) is 12.3 Å². The van der Waals surface area contributed by atoms with Gasteiger partial charge in [-0.05, 0) is 11.0 Å². The molecule has 1 aromatic heterocycles. The van der Waals surface area contributed by atoms with E-state index in [2.05, 4.69) is 10.3 Å². The predicted molar refractivity (Wildman–Crippen MR) is 80.8 cm³/mol. The van der Waals surface area contributed by atoms with Crippen molar-refractivity contribution in [3.05, 3.63) is 34.2 Å². The number of aromatic amines is 1. The molecule has 1 aromatic rings. The summed E-state index contributed by atoms with van der Waals surface area (Å²) in [5.41, 5.74) is 6.22. The standard InChI is InChI=1S/C12H19N3O2.2ClH/c1-12(2,3)10(13)11(17)15-7-8-4-5-9(16)14-6-8;;/h4-6,10H,7,13H2,1-3H3,(H,14,16)(H,15,17);2*1H/t10-;;/m1../s1. The normalized spacial score (nSPS) is 11.8. The van der Waals surface area contributed by atoms with Crippen molar-refractivity contribution in [3.8, 4) is 0 Å². The van der Waals surface area contributed by atoms with Gasteiger partial charge in [0.15, 0.2) is 0 Å². The van der Waals surface area contributed by atoms with Gasteiger partial charge in [0.1, 0.15) is 0 Å². The lowest BCUT2D eigenvalue weighted by molar-refractivity contribution is -0.124. The molecule has 1 atom stereocenters. The van der Waals surface area contributed by atoms with E-state index < -0.39 is 6.04 Å². The van der Waals surface area contributed by atoms with E-state index in [-0.39, 0.29) is 41.7 Å². The zero-order valence-electron chi connectivity index (χ0n) is 11.2. The van der Waals surface area contributed by atoms with Crippen molar-refractivity contribution in [1.29, 1.82) is 0 Å². The monoisotopic (exact) mass is 309 g/mol. The molecule has 0 saturated carbocycles. The molecule has 0 bridgehead atoms. The fourth-order valence-electron chi connectivity index (χ4n) is 1.25. The Hall–Kier alpha value is -1.04. The minimum atomic E-state index is -0.551. The van der Waals surface area contributed by atoms with E-state index in [1.807, 2.05) is 20.8 Å². The van der Waals surface area contributed by atoms with E-state index in [0.29, 0.717) is 6.54 Å². The van der Waals surface area contributed by atoms with E-state index >= 15 is 0 Å². The van der Waals surface area contributed by atoms with Crippen LogP contribution in [-0.2, 0) is 11.3 Å². The third-order valence-electron chi connectivity index (χ3n) is 2.53. The van der Waals surface area contributed by atoms with Crippen LogP contribution < -0.4 is 16.6 Å². The summed E-state index contributed by atoms with van der Waals surface area (Å²) in [6.07, 6.45) is 1.57. The topological polar surface area (TPSA) is 88.0 Å². The molecule has 1 rings (SSSR count). The van der Waals surface area contributed by atoms with Gasteiger partial charge < -0.3 is 16.0 Å². The number of hydrogen-bond acceptors (Lipinski definition) is 3. The molecule has 0 aliphatic heterocycles. The second-order valence-corrected chi connectivity index (χ2v) is 5.12. The highest BCUT2D eigenvalue weighted by atomic mass is 35.5. The summed E-state index contributed by atoms with van der Waals surface area (Å²) in [6, 6.07) is 2.54. The molecular weight excluding hydrogens is 289 g/mol. The first-order valence-corrected chi connectivity index (χ1v) is 5.51. The number of pyridine rings is 1. The van der Waals surface area contributed by atoms with E-state index in [0.717, 1.165) is 5.56 Å². The molecular formula is C12H21Cl2N3O2. The first-order chi connectivity index (χ1) is 7.80. The second-order valence-electron chi connectivity index (χ2n) is 5.12. The summed E-state index contributed by atoms with van der Waals surface area (Å²) in [5.74, 6) is -0.191. The van der Waals surface area contributed by atoms with Crippen molar-refractivity contribution < 1.29 is 4.79 Å². The summed E-state index contributed by atoms with van der Waals surface area (Å²) in [5, 5.41) is 2.74. The number of H-pyrrole nitrogens is 1. The summed E-state index contributed by atoms with van der Waals surface area (Å²) in [4.78, 5) is 25.1. The molecule has 1 heterocycles. The van der Waals surface area contributed by atoms with Gasteiger partial charge in [0, 0.05) is 18.8 Å². The molecule has 0 radical (unpaired) electrons. The number of carbonyl (C=O) groups is 1. The predicted octanol–water partition coefficient (Wildman–Crippen LogP) is 1.21. The Labute approximate surface area is 125 Å². The lowest BCUT2D eigenvalue weighted by atomic mass is 9.87. The molecule has 0 fully saturated rings. The summed E-state index contributed by atoms with van der Waals surface area (Å²) < 4.78 is 0. The van der Waals surface area contributed by atoms with E-state index in [9.17, 15) is 9.59 Å². The molecule has 19 heavy (non-hydrogen) atoms. The maximum absolute atomic E-state index is 11.7. The van der Waals surface area contributed by atoms with Crippen molar-refractivity contribution in [3.63, 3.8) is 0 Å². The molecule has 4 N–H and O–H groups in total. The van der Waals surface area contributed by atoms with Gasteiger partial charge in [-0.1, -0.05) is 26.8 Å². The minimum Gasteiger partial charge on any atom is -0.351 e. The molecule has 110 valence electrons. The van der Waals surface area contributed by atoms with Gasteiger partial charge in [-0.2, -0.15) is 0 Å². The highest BCUT2D eigenvalue weighted by Gasteiger charge is 2.26. The number of halogens is 2. The van der Waals surface area contributed by atoms with Crippen LogP contribution in [0.25, 0.3) is 0 Å². The van der Waals surface area contributed by atoms with Gasteiger partial charge >= 0.3 is 0 Å². The fraction of sp³-hybridized carbons (Fsp3) is 0.500. The van der Waals surface area contributed by atoms with Crippen LogP contribution in [0.1, 0.15) is 26.3 Å². The molecule has 1 amide bonds. The molecule has 0 saturated heterocycles. The third kappa shape index (κ3) is 6.61. The van der Waals surface area contributed by atoms with Crippen LogP contribution in [0.4, 0.5) is 0 Å². The SMILES string of the molecule is CC(C)(C)[C@H](N)C(=O)NCc1ccc(=O)[nH]c1.Cl.Cl. The number of hydrogen-bond donors (Lipinski definition) is 3. The maximum Gasteiger partial charge on any atom is 0.247 e. The highest BCUT2D eigenvalue weighted by Crippen LogP contribution is 2.17. The van der Waals surface area contributed by atoms with Gasteiger partial charge in [-0.25, -0.2) is 0 Å². The van der Waals surface area contributed by atoms with Gasteiger partial charge in [-0.15, -0.1) is 24.8 Å². The van der Waals surface area contributed by atoms with Gasteiger partial charge in [0.05, 0.1) is 6.04 Å². The molecule has 0 aliphatic carbocycles. The molecule has 0 aliphatic rings. The Bertz CT molecular complexity index is 435. The Morgan fingerprint density at radius 1 is 1.37 bits per heavy atom. The minimum absolute atomic E-state index is 0. The summed E-state index contributed by atoms with van der Waals surface area (Å²) in [6.45, 7) is 6.10. The quantitative estimate of drug-likeness (QED) is 0.784. The van der Waals surface area contributed by atoms with Crippen LogP contribution >= 0.6 is 24.8 Å². The molecule has 0 aromatic carbocycles. The highest BCUT2D eigenvalue weighted by molar-refractivity contribution is 5.85. The van der Waals surface area contributed by atoms with Gasteiger partial charge in [0.2, 0.25) is 11.5 Å². The first kappa shape index (κ1) is 20.3. The number of nitrogens with two attached hydrogens (primary N) is 1. The van der Waals surface area contributed by atoms with Crippen LogP contribution in [0.3, 0.4) is 0 Å². The third-order valence-corrected chi connectivity index (χ3v) is 2.53. The zero-order valence-corrected chi connectivity index (χ0v) is 12.9. The lowest BCUT2D eigenvalue weighted by Gasteiger charge is -2.25. The molecule has 5 nitrogen and oxygen atoms in total. The van der Waals surface area contributed by atoms with E-state index in [1.165, 1.54) is 6.07 Å². The Kier molecular flexibility index (Phi) is 8.75. The Morgan fingerprint density at radius 2 is 1.95 bits per heavy atom. The van der Waals surface area contributed by atoms with Crippen molar-refractivity contribution in [1.82, 2.24) is 10.3 Å². The van der Waals surface area contributed by atoms with Crippen LogP contribution in [-0.4, -0.2) is 16.9 Å². The maximum atomic E-state index is 11.7. The lowest BCUT2D eigenvalue weighted by Crippen LogP contribution is -2.48. The Morgan fingerprint density at radius 3 is 2.37 bits per heavy atom. The van der Waals surface area contributed by atoms with Gasteiger partial charge in [-0.3, -0.25) is 9.59 Å². The van der Waals surface area contributed by atoms with Crippen LogP contribution in [0.5, 0.6) is 0 Å². The molecule has 7 heteroatoms.